The largest absolute Gasteiger partial charge is 0.473 e. The Morgan fingerprint density at radius 3 is 2.84 bits per heavy atom. The predicted octanol–water partition coefficient (Wildman–Crippen LogP) is 4.73. The van der Waals surface area contributed by atoms with Crippen molar-refractivity contribution in [3.05, 3.63) is 46.4 Å². The van der Waals surface area contributed by atoms with Gasteiger partial charge in [-0.1, -0.05) is 24.4 Å². The second kappa shape index (κ2) is 8.19. The lowest BCUT2D eigenvalue weighted by molar-refractivity contribution is 0.235. The van der Waals surface area contributed by atoms with Gasteiger partial charge in [0.1, 0.15) is 12.4 Å². The molecule has 136 valence electrons. The summed E-state index contributed by atoms with van der Waals surface area (Å²) < 4.78 is 21.8. The summed E-state index contributed by atoms with van der Waals surface area (Å²) in [5, 5.41) is 8.32. The van der Waals surface area contributed by atoms with Gasteiger partial charge in [0.05, 0.1) is 11.7 Å². The number of ether oxygens (including phenoxy) is 1. The van der Waals surface area contributed by atoms with Crippen molar-refractivity contribution >= 4 is 11.6 Å². The predicted molar refractivity (Wildman–Crippen MR) is 97.4 cm³/mol. The van der Waals surface area contributed by atoms with Crippen LogP contribution < -0.4 is 10.1 Å². The molecule has 1 fully saturated rings. The summed E-state index contributed by atoms with van der Waals surface area (Å²) in [6.07, 6.45) is 5.02. The van der Waals surface area contributed by atoms with Crippen molar-refractivity contribution in [2.24, 2.45) is 5.92 Å². The summed E-state index contributed by atoms with van der Waals surface area (Å²) in [6, 6.07) is 6.72. The van der Waals surface area contributed by atoms with Gasteiger partial charge >= 0.3 is 0 Å². The highest BCUT2D eigenvalue weighted by Crippen LogP contribution is 2.36. The Morgan fingerprint density at radius 1 is 1.36 bits per heavy atom. The van der Waals surface area contributed by atoms with Gasteiger partial charge in [0.2, 0.25) is 5.88 Å². The first-order valence-corrected chi connectivity index (χ1v) is 9.26. The van der Waals surface area contributed by atoms with E-state index in [4.69, 9.17) is 21.4 Å². The standard InChI is InChI=1S/C19H25ClFN3O/c1-13(14-5-3-4-6-14)24-19(10-17(23-24)11-22-2)25-12-15-9-16(20)7-8-18(15)21/h7-10,13-14,22H,3-6,11-12H2,1-2H3. The molecule has 1 saturated carbocycles. The molecule has 1 unspecified atom stereocenters. The molecule has 0 radical (unpaired) electrons. The van der Waals surface area contributed by atoms with Crippen LogP contribution >= 0.6 is 11.6 Å². The highest BCUT2D eigenvalue weighted by Gasteiger charge is 2.26. The number of halogens is 2. The van der Waals surface area contributed by atoms with Gasteiger partial charge in [-0.3, -0.25) is 0 Å². The maximum absolute atomic E-state index is 13.9. The van der Waals surface area contributed by atoms with Crippen molar-refractivity contribution in [2.45, 2.75) is 51.8 Å². The Kier molecular flexibility index (Phi) is 5.97. The van der Waals surface area contributed by atoms with Crippen molar-refractivity contribution in [3.8, 4) is 5.88 Å². The molecule has 1 aliphatic carbocycles. The number of nitrogens with one attached hydrogen (secondary N) is 1. The number of benzene rings is 1. The summed E-state index contributed by atoms with van der Waals surface area (Å²) in [4.78, 5) is 0. The van der Waals surface area contributed by atoms with E-state index in [1.807, 2.05) is 17.8 Å². The van der Waals surface area contributed by atoms with Crippen molar-refractivity contribution in [1.29, 1.82) is 0 Å². The van der Waals surface area contributed by atoms with E-state index in [1.54, 1.807) is 6.07 Å². The van der Waals surface area contributed by atoms with Crippen molar-refractivity contribution in [3.63, 3.8) is 0 Å². The van der Waals surface area contributed by atoms with Crippen LogP contribution in [-0.2, 0) is 13.2 Å². The zero-order chi connectivity index (χ0) is 17.8. The van der Waals surface area contributed by atoms with Gasteiger partial charge < -0.3 is 10.1 Å². The normalized spacial score (nSPS) is 16.3. The highest BCUT2D eigenvalue weighted by molar-refractivity contribution is 6.30. The van der Waals surface area contributed by atoms with E-state index >= 15 is 0 Å². The SMILES string of the molecule is CNCc1cc(OCc2cc(Cl)ccc2F)n(C(C)C2CCCC2)n1. The fourth-order valence-corrected chi connectivity index (χ4v) is 3.73. The second-order valence-corrected chi connectivity index (χ2v) is 7.19. The molecule has 4 nitrogen and oxygen atoms in total. The molecule has 6 heteroatoms. The Labute approximate surface area is 153 Å². The molecule has 0 saturated heterocycles. The summed E-state index contributed by atoms with van der Waals surface area (Å²) in [6.45, 7) is 3.00. The minimum atomic E-state index is -0.310. The third-order valence-electron chi connectivity index (χ3n) is 4.96. The quantitative estimate of drug-likeness (QED) is 0.771. The Balaban J connectivity index is 1.79. The maximum atomic E-state index is 13.9. The summed E-state index contributed by atoms with van der Waals surface area (Å²) in [5.41, 5.74) is 1.37. The van der Waals surface area contributed by atoms with E-state index in [-0.39, 0.29) is 18.5 Å². The zero-order valence-electron chi connectivity index (χ0n) is 14.8. The van der Waals surface area contributed by atoms with Crippen LogP contribution in [0.5, 0.6) is 5.88 Å². The first kappa shape index (κ1) is 18.2. The lowest BCUT2D eigenvalue weighted by Gasteiger charge is -2.21. The number of hydrogen-bond acceptors (Lipinski definition) is 3. The van der Waals surface area contributed by atoms with Crippen molar-refractivity contribution in [2.75, 3.05) is 7.05 Å². The number of aromatic nitrogens is 2. The molecule has 0 aliphatic heterocycles. The molecular weight excluding hydrogens is 341 g/mol. The molecule has 0 spiro atoms. The molecule has 1 N–H and O–H groups in total. The Morgan fingerprint density at radius 2 is 2.12 bits per heavy atom. The van der Waals surface area contributed by atoms with Gasteiger partial charge in [-0.05, 0) is 50.9 Å². The third kappa shape index (κ3) is 4.33. The van der Waals surface area contributed by atoms with E-state index in [2.05, 4.69) is 12.2 Å². The number of nitrogens with zero attached hydrogens (tertiary/aromatic N) is 2. The van der Waals surface area contributed by atoms with Crippen LogP contribution in [0.3, 0.4) is 0 Å². The first-order valence-electron chi connectivity index (χ1n) is 8.88. The highest BCUT2D eigenvalue weighted by atomic mass is 35.5. The number of rotatable bonds is 7. The van der Waals surface area contributed by atoms with E-state index in [0.717, 1.165) is 5.69 Å². The molecule has 1 atom stereocenters. The summed E-state index contributed by atoms with van der Waals surface area (Å²) >= 11 is 5.96. The molecular formula is C19H25ClFN3O. The lowest BCUT2D eigenvalue weighted by atomic mass is 10.0. The zero-order valence-corrected chi connectivity index (χ0v) is 15.5. The van der Waals surface area contributed by atoms with Gasteiger partial charge in [0, 0.05) is 23.2 Å². The Hall–Kier alpha value is -1.59. The van der Waals surface area contributed by atoms with E-state index < -0.39 is 0 Å². The van der Waals surface area contributed by atoms with Crippen LogP contribution in [0.25, 0.3) is 0 Å². The second-order valence-electron chi connectivity index (χ2n) is 6.76. The van der Waals surface area contributed by atoms with Crippen LogP contribution in [0.4, 0.5) is 4.39 Å². The van der Waals surface area contributed by atoms with Crippen LogP contribution in [-0.4, -0.2) is 16.8 Å². The molecule has 3 rings (SSSR count). The topological polar surface area (TPSA) is 39.1 Å². The monoisotopic (exact) mass is 365 g/mol. The fraction of sp³-hybridized carbons (Fsp3) is 0.526. The van der Waals surface area contributed by atoms with Crippen LogP contribution in [0.15, 0.2) is 24.3 Å². The maximum Gasteiger partial charge on any atom is 0.212 e. The summed E-state index contributed by atoms with van der Waals surface area (Å²) in [7, 11) is 1.89. The lowest BCUT2D eigenvalue weighted by Crippen LogP contribution is -2.17. The smallest absolute Gasteiger partial charge is 0.212 e. The average Bonchev–Trinajstić information content (AvgIpc) is 3.25. The molecule has 1 heterocycles. The first-order chi connectivity index (χ1) is 12.1. The van der Waals surface area contributed by atoms with Gasteiger partial charge in [0.25, 0.3) is 0 Å². The van der Waals surface area contributed by atoms with E-state index in [0.29, 0.717) is 28.9 Å². The molecule has 1 aromatic carbocycles. The van der Waals surface area contributed by atoms with Crippen LogP contribution in [0.2, 0.25) is 5.02 Å². The minimum absolute atomic E-state index is 0.133. The van der Waals surface area contributed by atoms with Crippen molar-refractivity contribution < 1.29 is 9.13 Å². The van der Waals surface area contributed by atoms with Gasteiger partial charge in [0.15, 0.2) is 0 Å². The van der Waals surface area contributed by atoms with Crippen LogP contribution in [0.1, 0.15) is 49.9 Å². The van der Waals surface area contributed by atoms with Gasteiger partial charge in [-0.2, -0.15) is 5.10 Å². The fourth-order valence-electron chi connectivity index (χ4n) is 3.54. The molecule has 1 aliphatic rings. The van der Waals surface area contributed by atoms with Gasteiger partial charge in [-0.25, -0.2) is 9.07 Å². The molecule has 0 bridgehead atoms. The summed E-state index contributed by atoms with van der Waals surface area (Å²) in [5.74, 6) is 0.992. The molecule has 25 heavy (non-hydrogen) atoms. The van der Waals surface area contributed by atoms with Crippen molar-refractivity contribution in [1.82, 2.24) is 15.1 Å². The Bertz CT molecular complexity index is 713. The van der Waals surface area contributed by atoms with E-state index in [9.17, 15) is 4.39 Å². The molecule has 0 amide bonds. The third-order valence-corrected chi connectivity index (χ3v) is 5.20. The number of hydrogen-bond donors (Lipinski definition) is 1. The minimum Gasteiger partial charge on any atom is -0.473 e. The van der Waals surface area contributed by atoms with Gasteiger partial charge in [-0.15, -0.1) is 0 Å². The van der Waals surface area contributed by atoms with Crippen LogP contribution in [0, 0.1) is 11.7 Å². The average molecular weight is 366 g/mol. The van der Waals surface area contributed by atoms with E-state index in [1.165, 1.54) is 37.8 Å². The molecule has 1 aromatic heterocycles. The molecule has 2 aromatic rings.